The molecule has 1 N–H and O–H groups in total. The molecule has 0 bridgehead atoms. The molecule has 5 heteroatoms. The quantitative estimate of drug-likeness (QED) is 0.882. The summed E-state index contributed by atoms with van der Waals surface area (Å²) in [6, 6.07) is 4.88. The van der Waals surface area contributed by atoms with E-state index in [1.165, 1.54) is 6.07 Å². The zero-order valence-corrected chi connectivity index (χ0v) is 12.5. The molecule has 0 aliphatic carbocycles. The Kier molecular flexibility index (Phi) is 5.15. The predicted molar refractivity (Wildman–Crippen MR) is 79.4 cm³/mol. The van der Waals surface area contributed by atoms with Crippen LogP contribution in [0.4, 0.5) is 4.39 Å². The van der Waals surface area contributed by atoms with Gasteiger partial charge in [0.1, 0.15) is 11.6 Å². The van der Waals surface area contributed by atoms with Crippen molar-refractivity contribution in [2.24, 2.45) is 0 Å². The Morgan fingerprint density at radius 1 is 1.40 bits per heavy atom. The third-order valence-corrected chi connectivity index (χ3v) is 3.74. The summed E-state index contributed by atoms with van der Waals surface area (Å²) in [5.41, 5.74) is 0.777. The Morgan fingerprint density at radius 3 is 2.90 bits per heavy atom. The molecule has 1 heterocycles. The van der Waals surface area contributed by atoms with E-state index in [0.29, 0.717) is 6.42 Å². The highest BCUT2D eigenvalue weighted by Gasteiger charge is 2.18. The van der Waals surface area contributed by atoms with Gasteiger partial charge in [0.25, 0.3) is 0 Å². The fourth-order valence-electron chi connectivity index (χ4n) is 2.33. The summed E-state index contributed by atoms with van der Waals surface area (Å²) in [4.78, 5) is 4.37. The number of aryl methyl sites for hydroxylation is 1. The van der Waals surface area contributed by atoms with Gasteiger partial charge < -0.3 is 9.88 Å². The van der Waals surface area contributed by atoms with Crippen LogP contribution in [0.5, 0.6) is 0 Å². The first-order valence-corrected chi connectivity index (χ1v) is 7.22. The summed E-state index contributed by atoms with van der Waals surface area (Å²) in [6.45, 7) is 5.74. The standard InChI is InChI=1S/C15H19ClFN3/c1-3-18-13(10-14-19-8-9-20(14)4-2)11-6-5-7-12(17)15(11)16/h5-9,13,18H,3-4,10H2,1-2H3. The van der Waals surface area contributed by atoms with Crippen molar-refractivity contribution in [3.63, 3.8) is 0 Å². The first kappa shape index (κ1) is 15.0. The number of hydrogen-bond donors (Lipinski definition) is 1. The van der Waals surface area contributed by atoms with Crippen LogP contribution in [0.3, 0.4) is 0 Å². The van der Waals surface area contributed by atoms with E-state index >= 15 is 0 Å². The molecular weight excluding hydrogens is 277 g/mol. The van der Waals surface area contributed by atoms with Gasteiger partial charge in [0, 0.05) is 31.4 Å². The Labute approximate surface area is 123 Å². The molecule has 0 amide bonds. The van der Waals surface area contributed by atoms with Gasteiger partial charge in [-0.25, -0.2) is 9.37 Å². The number of halogens is 2. The van der Waals surface area contributed by atoms with Crippen LogP contribution in [0, 0.1) is 5.82 Å². The number of rotatable bonds is 6. The lowest BCUT2D eigenvalue weighted by Crippen LogP contribution is -2.24. The largest absolute Gasteiger partial charge is 0.335 e. The molecule has 20 heavy (non-hydrogen) atoms. The number of hydrogen-bond acceptors (Lipinski definition) is 2. The molecular formula is C15H19ClFN3. The third-order valence-electron chi connectivity index (χ3n) is 3.34. The van der Waals surface area contributed by atoms with Crippen LogP contribution < -0.4 is 5.32 Å². The molecule has 2 rings (SSSR count). The Morgan fingerprint density at radius 2 is 2.20 bits per heavy atom. The molecule has 108 valence electrons. The summed E-state index contributed by atoms with van der Waals surface area (Å²) >= 11 is 6.10. The maximum Gasteiger partial charge on any atom is 0.142 e. The molecule has 0 aliphatic rings. The summed E-state index contributed by atoms with van der Waals surface area (Å²) in [5, 5.41) is 3.54. The number of nitrogens with zero attached hydrogens (tertiary/aromatic N) is 2. The highest BCUT2D eigenvalue weighted by Crippen LogP contribution is 2.27. The van der Waals surface area contributed by atoms with Gasteiger partial charge in [-0.15, -0.1) is 0 Å². The monoisotopic (exact) mass is 295 g/mol. The smallest absolute Gasteiger partial charge is 0.142 e. The van der Waals surface area contributed by atoms with Crippen LogP contribution >= 0.6 is 11.6 Å². The zero-order chi connectivity index (χ0) is 14.5. The second-order valence-electron chi connectivity index (χ2n) is 4.59. The molecule has 0 spiro atoms. The number of benzene rings is 1. The van der Waals surface area contributed by atoms with Crippen molar-refractivity contribution in [1.82, 2.24) is 14.9 Å². The Balaban J connectivity index is 2.29. The average Bonchev–Trinajstić information content (AvgIpc) is 2.89. The topological polar surface area (TPSA) is 29.9 Å². The van der Waals surface area contributed by atoms with E-state index in [2.05, 4.69) is 21.8 Å². The van der Waals surface area contributed by atoms with Gasteiger partial charge in [-0.2, -0.15) is 0 Å². The van der Waals surface area contributed by atoms with E-state index in [0.717, 1.165) is 24.5 Å². The lowest BCUT2D eigenvalue weighted by molar-refractivity contribution is 0.518. The van der Waals surface area contributed by atoms with E-state index < -0.39 is 0 Å². The number of imidazole rings is 1. The number of likely N-dealkylation sites (N-methyl/N-ethyl adjacent to an activating group) is 1. The lowest BCUT2D eigenvalue weighted by Gasteiger charge is -2.20. The first-order valence-electron chi connectivity index (χ1n) is 6.84. The molecule has 1 aromatic heterocycles. The van der Waals surface area contributed by atoms with Gasteiger partial charge in [0.05, 0.1) is 5.02 Å². The van der Waals surface area contributed by atoms with Crippen LogP contribution in [0.25, 0.3) is 0 Å². The SMILES string of the molecule is CCNC(Cc1nccn1CC)c1cccc(F)c1Cl. The van der Waals surface area contributed by atoms with Gasteiger partial charge in [-0.3, -0.25) is 0 Å². The maximum atomic E-state index is 13.6. The number of aromatic nitrogens is 2. The van der Waals surface area contributed by atoms with Crippen LogP contribution in [-0.2, 0) is 13.0 Å². The van der Waals surface area contributed by atoms with E-state index in [1.54, 1.807) is 12.3 Å². The Hall–Kier alpha value is -1.39. The zero-order valence-electron chi connectivity index (χ0n) is 11.7. The summed E-state index contributed by atoms with van der Waals surface area (Å²) in [5.74, 6) is 0.588. The average molecular weight is 296 g/mol. The van der Waals surface area contributed by atoms with Gasteiger partial charge >= 0.3 is 0 Å². The van der Waals surface area contributed by atoms with E-state index in [1.807, 2.05) is 19.2 Å². The minimum absolute atomic E-state index is 0.0455. The van der Waals surface area contributed by atoms with Crippen molar-refractivity contribution in [1.29, 1.82) is 0 Å². The van der Waals surface area contributed by atoms with Gasteiger partial charge in [-0.1, -0.05) is 30.7 Å². The van der Waals surface area contributed by atoms with Gasteiger partial charge in [0.15, 0.2) is 0 Å². The van der Waals surface area contributed by atoms with Gasteiger partial charge in [-0.05, 0) is 25.1 Å². The van der Waals surface area contributed by atoms with Crippen molar-refractivity contribution in [2.45, 2.75) is 32.9 Å². The summed E-state index contributed by atoms with van der Waals surface area (Å²) in [7, 11) is 0. The molecule has 0 saturated heterocycles. The highest BCUT2D eigenvalue weighted by molar-refractivity contribution is 6.31. The van der Waals surface area contributed by atoms with E-state index in [-0.39, 0.29) is 16.9 Å². The third kappa shape index (κ3) is 3.19. The molecule has 3 nitrogen and oxygen atoms in total. The van der Waals surface area contributed by atoms with Crippen molar-refractivity contribution in [3.8, 4) is 0 Å². The van der Waals surface area contributed by atoms with Crippen LogP contribution in [0.2, 0.25) is 5.02 Å². The number of nitrogens with one attached hydrogen (secondary N) is 1. The fourth-order valence-corrected chi connectivity index (χ4v) is 2.59. The Bertz CT molecular complexity index is 568. The summed E-state index contributed by atoms with van der Waals surface area (Å²) in [6.07, 6.45) is 4.42. The van der Waals surface area contributed by atoms with E-state index in [9.17, 15) is 4.39 Å². The fraction of sp³-hybridized carbons (Fsp3) is 0.400. The molecule has 0 radical (unpaired) electrons. The van der Waals surface area contributed by atoms with Crippen LogP contribution in [-0.4, -0.2) is 16.1 Å². The second kappa shape index (κ2) is 6.86. The van der Waals surface area contributed by atoms with Crippen LogP contribution in [0.15, 0.2) is 30.6 Å². The molecule has 0 saturated carbocycles. The molecule has 0 fully saturated rings. The van der Waals surface area contributed by atoms with Crippen molar-refractivity contribution in [2.75, 3.05) is 6.54 Å². The minimum Gasteiger partial charge on any atom is -0.335 e. The van der Waals surface area contributed by atoms with Crippen LogP contribution in [0.1, 0.15) is 31.3 Å². The van der Waals surface area contributed by atoms with Crippen molar-refractivity contribution >= 4 is 11.6 Å². The first-order chi connectivity index (χ1) is 9.67. The highest BCUT2D eigenvalue weighted by atomic mass is 35.5. The lowest BCUT2D eigenvalue weighted by atomic mass is 10.0. The van der Waals surface area contributed by atoms with E-state index in [4.69, 9.17) is 11.6 Å². The maximum absolute atomic E-state index is 13.6. The van der Waals surface area contributed by atoms with Crippen molar-refractivity contribution in [3.05, 3.63) is 52.8 Å². The predicted octanol–water partition coefficient (Wildman–Crippen LogP) is 3.59. The van der Waals surface area contributed by atoms with Gasteiger partial charge in [0.2, 0.25) is 0 Å². The molecule has 2 aromatic rings. The summed E-state index contributed by atoms with van der Waals surface area (Å²) < 4.78 is 15.7. The molecule has 1 atom stereocenters. The molecule has 1 unspecified atom stereocenters. The normalized spacial score (nSPS) is 12.6. The molecule has 0 aliphatic heterocycles. The minimum atomic E-state index is -0.383. The van der Waals surface area contributed by atoms with Crippen molar-refractivity contribution < 1.29 is 4.39 Å². The second-order valence-corrected chi connectivity index (χ2v) is 4.96. The molecule has 1 aromatic carbocycles.